The highest BCUT2D eigenvalue weighted by molar-refractivity contribution is 5.90. The van der Waals surface area contributed by atoms with E-state index in [0.29, 0.717) is 109 Å². The van der Waals surface area contributed by atoms with Crippen molar-refractivity contribution in [2.75, 3.05) is 145 Å². The van der Waals surface area contributed by atoms with E-state index in [-0.39, 0.29) is 149 Å². The number of amides is 2. The van der Waals surface area contributed by atoms with Gasteiger partial charge in [0.2, 0.25) is 0 Å². The molecule has 0 aliphatic carbocycles. The number of aliphatic hydroxyl groups excluding tert-OH is 2. The Balaban J connectivity index is 0.00000184. The summed E-state index contributed by atoms with van der Waals surface area (Å²) in [6, 6.07) is 30.8. The summed E-state index contributed by atoms with van der Waals surface area (Å²) in [4.78, 5) is 136. The molecule has 816 valence electrons. The summed E-state index contributed by atoms with van der Waals surface area (Å²) in [5.41, 5.74) is 7.10. The molecule has 0 heterocycles. The zero-order chi connectivity index (χ0) is 111. The van der Waals surface area contributed by atoms with Crippen LogP contribution >= 0.6 is 0 Å². The number of rotatable bonds is 67. The van der Waals surface area contributed by atoms with E-state index in [1.807, 2.05) is 111 Å². The smallest absolute Gasteiger partial charge is 0.407 e. The van der Waals surface area contributed by atoms with Gasteiger partial charge in [-0.3, -0.25) is 0 Å². The van der Waals surface area contributed by atoms with Gasteiger partial charge in [0, 0.05) is 79.7 Å². The van der Waals surface area contributed by atoms with Crippen molar-refractivity contribution in [1.82, 2.24) is 10.6 Å². The van der Waals surface area contributed by atoms with Gasteiger partial charge in [0.15, 0.2) is 0 Å². The van der Waals surface area contributed by atoms with Crippen molar-refractivity contribution in [2.45, 2.75) is 218 Å². The third-order valence-electron chi connectivity index (χ3n) is 20.6. The zero-order valence-electron chi connectivity index (χ0n) is 89.7. The molecule has 0 aromatic heterocycles. The van der Waals surface area contributed by atoms with Gasteiger partial charge < -0.3 is 106 Å². The predicted octanol–water partition coefficient (Wildman–Crippen LogP) is 18.2. The van der Waals surface area contributed by atoms with Gasteiger partial charge in [-0.1, -0.05) is 214 Å². The van der Waals surface area contributed by atoms with E-state index in [1.54, 1.807) is 41.5 Å². The summed E-state index contributed by atoms with van der Waals surface area (Å²) in [5.74, 6) is -1.57. The minimum Gasteiger partial charge on any atom is -0.491 e. The summed E-state index contributed by atoms with van der Waals surface area (Å²) < 4.78 is 92.1. The standard InChI is InChI=1S/C29H36O8.C27H32O6.C23H38N2O8.C20H34O4.C14H22O6/c1-19(2)27(32)36-17-23(30)15-34-25-11-7-21(8-12-25)29(5,6)22-9-13-26(14-10-22)35-16-24(31)18-37-28(33)20(3)4;1-19(2)25(28)32-17-15-30-23-11-7-21(8-12-23)27(5,6)22-9-13-24(14-10-22)31-16-18-33-26(29)20(3)4;1-16(2)19(26)30-10-12-32-21(28)24-9-8-18(5)14-23(6,7)15-25-22(29)33-13-11-31-20(27)17(3)4;1-17(2)19(21)23-15-13-11-9-7-5-6-8-10-12-14-16-24-20(22)18(3)4;1-11(2)13(15)19-9-7-17-5-6-18-8-10-20-14(16)12(3)4/h7-14,23-24,30-31H,1,3,15-18H2,2,4-6H3;7-14H,1,3,15-18H2,2,4-6H3;18H,1,3,8-15H2,2,4-7H3,(H,24,28)(H,25,29);1,3,5-16H2,2,4H3;1,3,5-10H2,2,4H3. The molecule has 4 N–H and O–H groups in total. The molecule has 2 amide bonds. The number of esters is 10. The third kappa shape index (κ3) is 65.6. The number of hydrogen-bond acceptors (Lipinski definition) is 32. The first-order valence-electron chi connectivity index (χ1n) is 48.8. The van der Waals surface area contributed by atoms with Crippen LogP contribution in [0.4, 0.5) is 9.59 Å². The molecule has 3 unspecified atom stereocenters. The third-order valence-corrected chi connectivity index (χ3v) is 20.6. The Labute approximate surface area is 869 Å². The maximum Gasteiger partial charge on any atom is 0.407 e. The van der Waals surface area contributed by atoms with Crippen molar-refractivity contribution in [1.29, 1.82) is 0 Å². The van der Waals surface area contributed by atoms with Gasteiger partial charge in [-0.15, -0.1) is 0 Å². The average Bonchev–Trinajstić information content (AvgIpc) is 0.807. The Morgan fingerprint density at radius 3 is 0.741 bits per heavy atom. The molecule has 4 rings (SSSR count). The largest absolute Gasteiger partial charge is 0.491 e. The van der Waals surface area contributed by atoms with Crippen LogP contribution in [0, 0.1) is 11.3 Å². The van der Waals surface area contributed by atoms with Crippen LogP contribution in [-0.2, 0) is 125 Å². The second-order valence-corrected chi connectivity index (χ2v) is 36.6. The predicted molar refractivity (Wildman–Crippen MR) is 560 cm³/mol. The van der Waals surface area contributed by atoms with E-state index in [0.717, 1.165) is 60.8 Å². The lowest BCUT2D eigenvalue weighted by atomic mass is 9.78. The van der Waals surface area contributed by atoms with Crippen LogP contribution in [0.5, 0.6) is 23.0 Å². The van der Waals surface area contributed by atoms with Crippen molar-refractivity contribution < 1.29 is 153 Å². The lowest BCUT2D eigenvalue weighted by molar-refractivity contribution is -0.143. The number of ether oxygens (including phenoxy) is 18. The topological polar surface area (TPSA) is 436 Å². The van der Waals surface area contributed by atoms with E-state index in [1.165, 1.54) is 66.2 Å². The van der Waals surface area contributed by atoms with Gasteiger partial charge in [0.25, 0.3) is 0 Å². The van der Waals surface area contributed by atoms with Gasteiger partial charge in [-0.25, -0.2) is 57.5 Å². The fourth-order valence-corrected chi connectivity index (χ4v) is 12.0. The van der Waals surface area contributed by atoms with Crippen LogP contribution in [0.15, 0.2) is 219 Å². The molecule has 147 heavy (non-hydrogen) atoms. The minimum atomic E-state index is -0.951. The second kappa shape index (κ2) is 76.2. The Morgan fingerprint density at radius 1 is 0.265 bits per heavy atom. The highest BCUT2D eigenvalue weighted by Crippen LogP contribution is 2.36. The average molecular weight is 2060 g/mol. The number of hydrogen-bond donors (Lipinski definition) is 4. The molecule has 4 aromatic rings. The number of carbonyl (C=O) groups excluding carboxylic acids is 12. The Hall–Kier alpha value is -13.4. The highest BCUT2D eigenvalue weighted by atomic mass is 16.6. The SMILES string of the molecule is C=C(C)C(=O)OCC(O)COc1ccc(C(C)(C)c2ccc(OCC(O)COC(=O)C(=C)C)cc2)cc1.C=C(C)C(=O)OCCCCCCCCCCCCOC(=O)C(=C)C.C=C(C)C(=O)OCCOC(=O)NCCC(C)CC(C)(C)CNC(=O)OCCOC(=O)C(=C)C.C=C(C)C(=O)OCCOCCOCCOC(=O)C(=C)C.C=C(C)C(=O)OCCOc1ccc(C(C)(C)c2ccc(OCCOC(=O)C(=C)C)cc2)cc1. The number of aliphatic hydroxyl groups is 2. The van der Waals surface area contributed by atoms with Crippen molar-refractivity contribution in [2.24, 2.45) is 11.3 Å². The van der Waals surface area contributed by atoms with Gasteiger partial charge in [0.05, 0.1) is 39.6 Å². The summed E-state index contributed by atoms with van der Waals surface area (Å²) in [6.07, 6.45) is 9.94. The van der Waals surface area contributed by atoms with Gasteiger partial charge in [0.1, 0.15) is 128 Å². The Kier molecular flexibility index (Phi) is 69.2. The number of unbranched alkanes of at least 4 members (excludes halogenated alkanes) is 9. The molecular formula is C113H162N2O32. The molecule has 0 aliphatic heterocycles. The monoisotopic (exact) mass is 2060 g/mol. The van der Waals surface area contributed by atoms with Gasteiger partial charge in [-0.05, 0) is 177 Å². The van der Waals surface area contributed by atoms with Crippen LogP contribution in [0.1, 0.15) is 217 Å². The fourth-order valence-electron chi connectivity index (χ4n) is 12.0. The quantitative estimate of drug-likeness (QED) is 0.0138. The molecule has 34 nitrogen and oxygen atoms in total. The number of nitrogens with one attached hydrogen (secondary N) is 2. The minimum absolute atomic E-state index is 0.0152. The summed E-state index contributed by atoms with van der Waals surface area (Å²) >= 11 is 0. The number of benzene rings is 4. The molecule has 0 spiro atoms. The molecular weight excluding hydrogens is 1900 g/mol. The summed E-state index contributed by atoms with van der Waals surface area (Å²) in [7, 11) is 0. The molecule has 0 saturated heterocycles. The first-order valence-corrected chi connectivity index (χ1v) is 48.8. The first-order chi connectivity index (χ1) is 69.2. The molecule has 0 radical (unpaired) electrons. The van der Waals surface area contributed by atoms with E-state index in [4.69, 9.17) is 85.3 Å². The lowest BCUT2D eigenvalue weighted by Gasteiger charge is -2.28. The summed E-state index contributed by atoms with van der Waals surface area (Å²) in [5, 5.41) is 25.3. The number of alkyl carbamates (subject to hydrolysis) is 2. The zero-order valence-corrected chi connectivity index (χ0v) is 89.7. The molecule has 34 heteroatoms. The summed E-state index contributed by atoms with van der Waals surface area (Å²) in [6.45, 7) is 69.4. The van der Waals surface area contributed by atoms with Crippen molar-refractivity contribution in [3.63, 3.8) is 0 Å². The molecule has 3 atom stereocenters. The Morgan fingerprint density at radius 2 is 0.476 bits per heavy atom. The molecule has 4 aromatic carbocycles. The van der Waals surface area contributed by atoms with Crippen molar-refractivity contribution in [3.05, 3.63) is 241 Å². The molecule has 0 bridgehead atoms. The molecule has 0 aliphatic rings. The van der Waals surface area contributed by atoms with E-state index in [9.17, 15) is 67.7 Å². The van der Waals surface area contributed by atoms with Crippen LogP contribution in [0.25, 0.3) is 0 Å². The van der Waals surface area contributed by atoms with E-state index < -0.39 is 72.1 Å². The highest BCUT2D eigenvalue weighted by Gasteiger charge is 2.28. The number of carbonyl (C=O) groups is 12. The van der Waals surface area contributed by atoms with Gasteiger partial charge in [-0.2, -0.15) is 0 Å². The normalized spacial score (nSPS) is 11.2. The van der Waals surface area contributed by atoms with Crippen molar-refractivity contribution in [3.8, 4) is 23.0 Å². The van der Waals surface area contributed by atoms with Crippen LogP contribution in [-0.4, -0.2) is 240 Å². The van der Waals surface area contributed by atoms with E-state index >= 15 is 0 Å². The van der Waals surface area contributed by atoms with Crippen LogP contribution < -0.4 is 29.6 Å². The van der Waals surface area contributed by atoms with Crippen LogP contribution in [0.3, 0.4) is 0 Å². The maximum atomic E-state index is 11.8. The van der Waals surface area contributed by atoms with E-state index in [2.05, 4.69) is 111 Å². The molecule has 0 saturated carbocycles. The maximum absolute atomic E-state index is 11.8. The lowest BCUT2D eigenvalue weighted by Crippen LogP contribution is -2.36. The first kappa shape index (κ1) is 134. The fraction of sp³-hybridized carbons (Fsp3) is 0.504. The van der Waals surface area contributed by atoms with Crippen LogP contribution in [0.2, 0.25) is 0 Å². The Bertz CT molecular complexity index is 4590. The van der Waals surface area contributed by atoms with Crippen molar-refractivity contribution >= 4 is 71.9 Å². The van der Waals surface area contributed by atoms with Gasteiger partial charge >= 0.3 is 71.9 Å². The second-order valence-electron chi connectivity index (χ2n) is 36.6. The molecule has 0 fully saturated rings.